The monoisotopic (exact) mass is 544 g/mol. The molecule has 1 heterocycles. The average Bonchev–Trinajstić information content (AvgIpc) is 3.60. The van der Waals surface area contributed by atoms with Gasteiger partial charge in [0.2, 0.25) is 0 Å². The Morgan fingerprint density at radius 1 is 1.13 bits per heavy atom. The molecular weight excluding hydrogens is 503 g/mol. The van der Waals surface area contributed by atoms with Gasteiger partial charge in [0.1, 0.15) is 0 Å². The molecule has 0 bridgehead atoms. The minimum atomic E-state index is 0. The summed E-state index contributed by atoms with van der Waals surface area (Å²) in [7, 11) is 3.90. The molecule has 0 amide bonds. The number of likely N-dealkylation sites (N-methyl/N-ethyl adjacent to an activating group) is 1. The fourth-order valence-corrected chi connectivity index (χ4v) is 3.82. The minimum Gasteiger partial charge on any atom is -0.379 e. The molecule has 1 aliphatic carbocycles. The van der Waals surface area contributed by atoms with E-state index in [2.05, 4.69) is 57.5 Å². The highest BCUT2D eigenvalue weighted by molar-refractivity contribution is 14.0. The number of hydrogen-bond donors (Lipinski definition) is 1. The molecule has 0 aromatic heterocycles. The van der Waals surface area contributed by atoms with Crippen LogP contribution in [0.3, 0.4) is 0 Å². The zero-order valence-corrected chi connectivity index (χ0v) is 21.6. The Bertz CT molecular complexity index is 619. The molecule has 31 heavy (non-hydrogen) atoms. The summed E-state index contributed by atoms with van der Waals surface area (Å²) in [5, 5.41) is 3.44. The van der Waals surface area contributed by atoms with E-state index in [1.165, 1.54) is 18.4 Å². The second-order valence-electron chi connectivity index (χ2n) is 8.60. The zero-order chi connectivity index (χ0) is 21.0. The highest BCUT2D eigenvalue weighted by atomic mass is 127. The Balaban J connectivity index is 0.00000341. The van der Waals surface area contributed by atoms with Crippen LogP contribution in [-0.2, 0) is 16.0 Å². The fraction of sp³-hybridized carbons (Fsp3) is 0.708. The van der Waals surface area contributed by atoms with Gasteiger partial charge < -0.3 is 19.7 Å². The molecule has 176 valence electrons. The summed E-state index contributed by atoms with van der Waals surface area (Å²) in [6, 6.07) is 10.7. The maximum absolute atomic E-state index is 6.13. The lowest BCUT2D eigenvalue weighted by molar-refractivity contribution is 0.00530. The van der Waals surface area contributed by atoms with Crippen LogP contribution in [0.4, 0.5) is 0 Å². The van der Waals surface area contributed by atoms with Gasteiger partial charge in [0.15, 0.2) is 5.96 Å². The molecule has 0 spiro atoms. The predicted molar refractivity (Wildman–Crippen MR) is 138 cm³/mol. The first-order valence-electron chi connectivity index (χ1n) is 11.6. The first kappa shape index (κ1) is 26.4. The number of benzene rings is 1. The number of nitrogens with one attached hydrogen (secondary N) is 1. The number of aliphatic imine (C=N–C) groups is 1. The summed E-state index contributed by atoms with van der Waals surface area (Å²) in [5.41, 5.74) is 1.40. The van der Waals surface area contributed by atoms with Gasteiger partial charge in [-0.25, -0.2) is 0 Å². The number of halogens is 1. The Hall–Kier alpha value is -0.900. The van der Waals surface area contributed by atoms with Gasteiger partial charge in [0, 0.05) is 60.0 Å². The highest BCUT2D eigenvalue weighted by Crippen LogP contribution is 2.28. The summed E-state index contributed by atoms with van der Waals surface area (Å²) in [6.07, 6.45) is 6.34. The summed E-state index contributed by atoms with van der Waals surface area (Å²) >= 11 is 0. The van der Waals surface area contributed by atoms with E-state index in [1.807, 2.05) is 7.05 Å². The molecule has 2 aliphatic rings. The number of rotatable bonds is 12. The van der Waals surface area contributed by atoms with Crippen molar-refractivity contribution in [1.29, 1.82) is 0 Å². The van der Waals surface area contributed by atoms with E-state index in [9.17, 15) is 0 Å². The van der Waals surface area contributed by atoms with Crippen molar-refractivity contribution < 1.29 is 9.47 Å². The van der Waals surface area contributed by atoms with Crippen molar-refractivity contribution in [3.05, 3.63) is 35.9 Å². The van der Waals surface area contributed by atoms with Crippen LogP contribution in [0.1, 0.15) is 37.7 Å². The molecule has 6 nitrogen and oxygen atoms in total. The van der Waals surface area contributed by atoms with Gasteiger partial charge in [-0.1, -0.05) is 30.3 Å². The minimum absolute atomic E-state index is 0. The average molecular weight is 545 g/mol. The predicted octanol–water partition coefficient (Wildman–Crippen LogP) is 3.61. The molecule has 1 aliphatic heterocycles. The molecule has 0 radical (unpaired) electrons. The van der Waals surface area contributed by atoms with E-state index >= 15 is 0 Å². The lowest BCUT2D eigenvalue weighted by atomic mass is 10.1. The molecular formula is C24H41IN4O2. The third-order valence-corrected chi connectivity index (χ3v) is 5.94. The Morgan fingerprint density at radius 2 is 1.87 bits per heavy atom. The van der Waals surface area contributed by atoms with Crippen molar-refractivity contribution in [2.24, 2.45) is 10.9 Å². The molecule has 3 rings (SSSR count). The molecule has 7 heteroatoms. The number of guanidine groups is 1. The molecule has 1 saturated carbocycles. The van der Waals surface area contributed by atoms with E-state index in [0.29, 0.717) is 6.10 Å². The van der Waals surface area contributed by atoms with Crippen LogP contribution in [0.2, 0.25) is 0 Å². The van der Waals surface area contributed by atoms with Crippen LogP contribution in [0.15, 0.2) is 35.3 Å². The van der Waals surface area contributed by atoms with Gasteiger partial charge in [-0.3, -0.25) is 9.89 Å². The third kappa shape index (κ3) is 10.5. The fourth-order valence-electron chi connectivity index (χ4n) is 3.82. The van der Waals surface area contributed by atoms with Crippen LogP contribution in [0.25, 0.3) is 0 Å². The van der Waals surface area contributed by atoms with Gasteiger partial charge in [-0.15, -0.1) is 24.0 Å². The molecule has 1 aromatic rings. The van der Waals surface area contributed by atoms with Gasteiger partial charge in [0.25, 0.3) is 0 Å². The van der Waals surface area contributed by atoms with Gasteiger partial charge >= 0.3 is 0 Å². The highest BCUT2D eigenvalue weighted by Gasteiger charge is 2.21. The molecule has 2 fully saturated rings. The van der Waals surface area contributed by atoms with E-state index in [-0.39, 0.29) is 24.0 Å². The van der Waals surface area contributed by atoms with Crippen molar-refractivity contribution in [3.8, 4) is 0 Å². The van der Waals surface area contributed by atoms with Crippen LogP contribution in [-0.4, -0.2) is 82.0 Å². The van der Waals surface area contributed by atoms with E-state index in [1.54, 1.807) is 0 Å². The Labute approximate surface area is 205 Å². The van der Waals surface area contributed by atoms with Crippen molar-refractivity contribution in [3.63, 3.8) is 0 Å². The van der Waals surface area contributed by atoms with Crippen molar-refractivity contribution >= 4 is 29.9 Å². The molecule has 0 atom stereocenters. The maximum atomic E-state index is 6.13. The number of likely N-dealkylation sites (tertiary alicyclic amines) is 1. The summed E-state index contributed by atoms with van der Waals surface area (Å²) in [4.78, 5) is 9.04. The first-order chi connectivity index (χ1) is 14.7. The van der Waals surface area contributed by atoms with Gasteiger partial charge in [-0.05, 0) is 43.6 Å². The topological polar surface area (TPSA) is 49.3 Å². The maximum Gasteiger partial charge on any atom is 0.193 e. The SMILES string of the molecule is CN=C(NCCCOC1CCN(Cc2ccccc2)CC1)N(C)CCOCC1CC1.I. The quantitative estimate of drug-likeness (QED) is 0.189. The smallest absolute Gasteiger partial charge is 0.193 e. The molecule has 1 saturated heterocycles. The Kier molecular flexibility index (Phi) is 12.8. The van der Waals surface area contributed by atoms with E-state index in [0.717, 1.165) is 83.7 Å². The zero-order valence-electron chi connectivity index (χ0n) is 19.3. The van der Waals surface area contributed by atoms with Gasteiger partial charge in [-0.2, -0.15) is 0 Å². The molecule has 0 unspecified atom stereocenters. The molecule has 1 N–H and O–H groups in total. The normalized spacial score (nSPS) is 17.9. The van der Waals surface area contributed by atoms with E-state index < -0.39 is 0 Å². The van der Waals surface area contributed by atoms with Crippen molar-refractivity contribution in [1.82, 2.24) is 15.1 Å². The number of nitrogens with zero attached hydrogens (tertiary/aromatic N) is 3. The van der Waals surface area contributed by atoms with Crippen LogP contribution in [0.5, 0.6) is 0 Å². The molecule has 1 aromatic carbocycles. The standard InChI is InChI=1S/C24H40N4O2.HI/c1-25-24(27(2)16-18-29-20-22-9-10-22)26-13-6-17-30-23-11-14-28(15-12-23)19-21-7-4-3-5-8-21;/h3-5,7-8,22-23H,6,9-20H2,1-2H3,(H,25,26);1H. The number of hydrogen-bond acceptors (Lipinski definition) is 4. The second-order valence-corrected chi connectivity index (χ2v) is 8.60. The lowest BCUT2D eigenvalue weighted by Gasteiger charge is -2.32. The first-order valence-corrected chi connectivity index (χ1v) is 11.6. The van der Waals surface area contributed by atoms with Crippen LogP contribution < -0.4 is 5.32 Å². The van der Waals surface area contributed by atoms with Crippen LogP contribution >= 0.6 is 24.0 Å². The van der Waals surface area contributed by atoms with Crippen LogP contribution in [0, 0.1) is 5.92 Å². The summed E-state index contributed by atoms with van der Waals surface area (Å²) < 4.78 is 11.9. The largest absolute Gasteiger partial charge is 0.379 e. The second kappa shape index (κ2) is 15.0. The lowest BCUT2D eigenvalue weighted by Crippen LogP contribution is -2.41. The number of ether oxygens (including phenoxy) is 2. The van der Waals surface area contributed by atoms with E-state index in [4.69, 9.17) is 9.47 Å². The van der Waals surface area contributed by atoms with Gasteiger partial charge in [0.05, 0.1) is 12.7 Å². The third-order valence-electron chi connectivity index (χ3n) is 5.94. The number of piperidine rings is 1. The van der Waals surface area contributed by atoms with Crippen molar-refractivity contribution in [2.75, 3.05) is 60.1 Å². The Morgan fingerprint density at radius 3 is 2.55 bits per heavy atom. The summed E-state index contributed by atoms with van der Waals surface area (Å²) in [6.45, 7) is 7.53. The summed E-state index contributed by atoms with van der Waals surface area (Å²) in [5.74, 6) is 1.75. The van der Waals surface area contributed by atoms with Crippen molar-refractivity contribution in [2.45, 2.75) is 44.8 Å².